The fourth-order valence-electron chi connectivity index (χ4n) is 2.23. The quantitative estimate of drug-likeness (QED) is 0.280. The molecule has 2 aromatic carbocycles. The summed E-state index contributed by atoms with van der Waals surface area (Å²) in [5.41, 5.74) is 1.64. The van der Waals surface area contributed by atoms with E-state index in [0.29, 0.717) is 24.5 Å². The number of nitro benzene ring substituents is 1. The Morgan fingerprint density at radius 3 is 2.37 bits per heavy atom. The number of nitro groups is 1. The van der Waals surface area contributed by atoms with Crippen molar-refractivity contribution in [2.75, 3.05) is 18.0 Å². The zero-order valence-corrected chi connectivity index (χ0v) is 17.7. The molecule has 0 atom stereocenters. The van der Waals surface area contributed by atoms with E-state index in [0.717, 1.165) is 5.69 Å². The van der Waals surface area contributed by atoms with Crippen LogP contribution < -0.4 is 39.6 Å². The minimum Gasteiger partial charge on any atom is -0.550 e. The number of carboxylic acid groups (broad SMARTS) is 1. The second kappa shape index (κ2) is 11.0. The number of aliphatic carboxylic acids is 1. The molecule has 8 nitrogen and oxygen atoms in total. The van der Waals surface area contributed by atoms with E-state index in [2.05, 4.69) is 10.2 Å². The summed E-state index contributed by atoms with van der Waals surface area (Å²) in [6, 6.07) is 11.0. The molecule has 0 bridgehead atoms. The summed E-state index contributed by atoms with van der Waals surface area (Å²) in [5, 5.41) is 29.5. The van der Waals surface area contributed by atoms with E-state index in [1.165, 1.54) is 18.2 Å². The standard InChI is InChI=1S/C17H17ClN4O4.Na/c1-2-21(10-9-17(23)24)13-5-3-12(4-6-13)19-20-16-8-7-14(22(25)26)11-15(16)18;/h3-8,11H,2,9-10H2,1H3,(H,23,24);/q;+1/p-1. The van der Waals surface area contributed by atoms with Crippen LogP contribution in [0.5, 0.6) is 0 Å². The first-order valence-corrected chi connectivity index (χ1v) is 8.19. The van der Waals surface area contributed by atoms with Crippen LogP contribution in [-0.2, 0) is 4.79 Å². The molecule has 0 aliphatic rings. The fraction of sp³-hybridized carbons (Fsp3) is 0.235. The van der Waals surface area contributed by atoms with Gasteiger partial charge in [0.2, 0.25) is 0 Å². The smallest absolute Gasteiger partial charge is 0.550 e. The van der Waals surface area contributed by atoms with Crippen LogP contribution in [0.25, 0.3) is 0 Å². The molecular formula is C17H16ClN4NaO4. The van der Waals surface area contributed by atoms with Gasteiger partial charge in [-0.2, -0.15) is 5.11 Å². The molecule has 0 aromatic heterocycles. The van der Waals surface area contributed by atoms with Crippen molar-refractivity contribution < 1.29 is 44.4 Å². The topological polar surface area (TPSA) is 111 Å². The number of halogens is 1. The van der Waals surface area contributed by atoms with Crippen LogP contribution in [0.2, 0.25) is 5.02 Å². The summed E-state index contributed by atoms with van der Waals surface area (Å²) in [6.07, 6.45) is -0.0477. The van der Waals surface area contributed by atoms with Crippen molar-refractivity contribution in [2.24, 2.45) is 10.2 Å². The molecule has 0 unspecified atom stereocenters. The summed E-state index contributed by atoms with van der Waals surface area (Å²) < 4.78 is 0. The number of benzene rings is 2. The van der Waals surface area contributed by atoms with E-state index in [1.54, 1.807) is 12.1 Å². The molecule has 0 radical (unpaired) electrons. The summed E-state index contributed by atoms with van der Waals surface area (Å²) in [6.45, 7) is 2.95. The molecular weight excluding hydrogens is 383 g/mol. The second-order valence-electron chi connectivity index (χ2n) is 5.31. The Labute approximate surface area is 183 Å². The molecule has 10 heteroatoms. The normalized spacial score (nSPS) is 10.4. The average molecular weight is 399 g/mol. The predicted molar refractivity (Wildman–Crippen MR) is 96.2 cm³/mol. The zero-order chi connectivity index (χ0) is 19.1. The van der Waals surface area contributed by atoms with Crippen LogP contribution >= 0.6 is 11.6 Å². The Balaban J connectivity index is 0.00000364. The van der Waals surface area contributed by atoms with Gasteiger partial charge in [0.1, 0.15) is 5.69 Å². The van der Waals surface area contributed by atoms with Gasteiger partial charge in [0.05, 0.1) is 15.6 Å². The van der Waals surface area contributed by atoms with Gasteiger partial charge in [-0.15, -0.1) is 5.11 Å². The van der Waals surface area contributed by atoms with E-state index >= 15 is 0 Å². The molecule has 0 saturated heterocycles. The summed E-state index contributed by atoms with van der Waals surface area (Å²) in [5.74, 6) is -1.09. The van der Waals surface area contributed by atoms with Gasteiger partial charge in [-0.3, -0.25) is 10.1 Å². The maximum absolute atomic E-state index is 10.7. The number of rotatable bonds is 8. The Morgan fingerprint density at radius 1 is 1.19 bits per heavy atom. The molecule has 0 aliphatic heterocycles. The van der Waals surface area contributed by atoms with Crippen molar-refractivity contribution in [2.45, 2.75) is 13.3 Å². The first-order chi connectivity index (χ1) is 12.4. The average Bonchev–Trinajstić information content (AvgIpc) is 2.61. The molecule has 0 heterocycles. The van der Waals surface area contributed by atoms with Crippen molar-refractivity contribution in [1.82, 2.24) is 0 Å². The van der Waals surface area contributed by atoms with Gasteiger partial charge in [0, 0.05) is 43.3 Å². The second-order valence-corrected chi connectivity index (χ2v) is 5.72. The van der Waals surface area contributed by atoms with E-state index in [9.17, 15) is 20.0 Å². The summed E-state index contributed by atoms with van der Waals surface area (Å²) in [4.78, 5) is 22.7. The van der Waals surface area contributed by atoms with E-state index < -0.39 is 10.9 Å². The maximum Gasteiger partial charge on any atom is 1.00 e. The largest absolute Gasteiger partial charge is 1.00 e. The molecule has 0 fully saturated rings. The Kier molecular flexibility index (Phi) is 9.37. The van der Waals surface area contributed by atoms with Crippen molar-refractivity contribution in [3.05, 3.63) is 57.6 Å². The van der Waals surface area contributed by atoms with Crippen LogP contribution in [0.4, 0.5) is 22.7 Å². The summed E-state index contributed by atoms with van der Waals surface area (Å²) >= 11 is 5.97. The first kappa shape index (κ1) is 23.0. The fourth-order valence-corrected chi connectivity index (χ4v) is 2.44. The Bertz CT molecular complexity index is 830. The SMILES string of the molecule is CCN(CCC(=O)[O-])c1ccc(N=Nc2ccc([N+](=O)[O-])cc2Cl)cc1.[Na+]. The Hall–Kier alpha value is -2.00. The van der Waals surface area contributed by atoms with Gasteiger partial charge in [0.15, 0.2) is 0 Å². The molecule has 2 aromatic rings. The number of azo groups is 1. The van der Waals surface area contributed by atoms with Gasteiger partial charge in [-0.1, -0.05) is 11.6 Å². The number of hydrogen-bond donors (Lipinski definition) is 0. The number of non-ortho nitro benzene ring substituents is 1. The molecule has 136 valence electrons. The number of hydrogen-bond acceptors (Lipinski definition) is 7. The van der Waals surface area contributed by atoms with Gasteiger partial charge >= 0.3 is 29.6 Å². The summed E-state index contributed by atoms with van der Waals surface area (Å²) in [7, 11) is 0. The first-order valence-electron chi connectivity index (χ1n) is 7.81. The third kappa shape index (κ3) is 6.91. The number of carbonyl (C=O) groups is 1. The van der Waals surface area contributed by atoms with Gasteiger partial charge in [-0.25, -0.2) is 0 Å². The van der Waals surface area contributed by atoms with Crippen molar-refractivity contribution in [1.29, 1.82) is 0 Å². The minimum absolute atomic E-state index is 0. The molecule has 0 aliphatic carbocycles. The van der Waals surface area contributed by atoms with Crippen LogP contribution in [-0.4, -0.2) is 24.0 Å². The van der Waals surface area contributed by atoms with Crippen molar-refractivity contribution >= 4 is 40.3 Å². The van der Waals surface area contributed by atoms with E-state index in [1.807, 2.05) is 24.0 Å². The molecule has 0 spiro atoms. The number of carboxylic acids is 1. The van der Waals surface area contributed by atoms with Gasteiger partial charge < -0.3 is 14.8 Å². The van der Waals surface area contributed by atoms with E-state index in [4.69, 9.17) is 11.6 Å². The van der Waals surface area contributed by atoms with Crippen molar-refractivity contribution in [3.8, 4) is 0 Å². The van der Waals surface area contributed by atoms with Crippen molar-refractivity contribution in [3.63, 3.8) is 0 Å². The van der Waals surface area contributed by atoms with Crippen LogP contribution in [0.1, 0.15) is 13.3 Å². The molecule has 0 amide bonds. The minimum atomic E-state index is -1.09. The Morgan fingerprint density at radius 2 is 1.85 bits per heavy atom. The molecule has 2 rings (SSSR count). The van der Waals surface area contributed by atoms with Gasteiger partial charge in [0.25, 0.3) is 5.69 Å². The zero-order valence-electron chi connectivity index (χ0n) is 15.0. The number of carbonyl (C=O) groups excluding carboxylic acids is 1. The van der Waals surface area contributed by atoms with E-state index in [-0.39, 0.29) is 46.7 Å². The predicted octanol–water partition coefficient (Wildman–Crippen LogP) is 0.634. The number of nitrogens with zero attached hydrogens (tertiary/aromatic N) is 4. The van der Waals surface area contributed by atoms with Gasteiger partial charge in [-0.05, 0) is 37.3 Å². The third-order valence-electron chi connectivity index (χ3n) is 3.60. The molecule has 0 N–H and O–H groups in total. The monoisotopic (exact) mass is 398 g/mol. The number of anilines is 1. The maximum atomic E-state index is 10.7. The molecule has 27 heavy (non-hydrogen) atoms. The van der Waals surface area contributed by atoms with Crippen LogP contribution in [0.3, 0.4) is 0 Å². The third-order valence-corrected chi connectivity index (χ3v) is 3.90. The van der Waals surface area contributed by atoms with Crippen LogP contribution in [0.15, 0.2) is 52.7 Å². The van der Waals surface area contributed by atoms with Crippen LogP contribution in [0, 0.1) is 10.1 Å². The molecule has 0 saturated carbocycles.